The Hall–Kier alpha value is -1.40. The van der Waals surface area contributed by atoms with Crippen LogP contribution in [0, 0.1) is 0 Å². The van der Waals surface area contributed by atoms with Gasteiger partial charge in [-0.3, -0.25) is 0 Å². The summed E-state index contributed by atoms with van der Waals surface area (Å²) in [5, 5.41) is 40.1. The fourth-order valence-corrected chi connectivity index (χ4v) is 3.22. The van der Waals surface area contributed by atoms with Crippen molar-refractivity contribution in [3.63, 3.8) is 0 Å². The Morgan fingerprint density at radius 1 is 0.667 bits per heavy atom. The van der Waals surface area contributed by atoms with Crippen LogP contribution in [0.15, 0.2) is 24.3 Å². The Bertz CT molecular complexity index is 614. The average molecular weight is 418 g/mol. The minimum Gasteiger partial charge on any atom is -0.508 e. The highest BCUT2D eigenvalue weighted by Gasteiger charge is 2.16. The molecule has 0 aliphatic heterocycles. The number of benzene rings is 2. The van der Waals surface area contributed by atoms with E-state index in [1.165, 1.54) is 12.1 Å². The zero-order valence-electron chi connectivity index (χ0n) is 11.0. The van der Waals surface area contributed by atoms with Crippen LogP contribution in [0.1, 0.15) is 22.3 Å². The lowest BCUT2D eigenvalue weighted by Crippen LogP contribution is -1.99. The van der Waals surface area contributed by atoms with Gasteiger partial charge in [0.1, 0.15) is 23.0 Å². The molecular formula is C15H14Br2O4. The molecule has 0 heterocycles. The molecule has 0 bridgehead atoms. The standard InChI is InChI=1S/C15H14Br2O4/c16-6-8-1-10(18)3-14(20)12(8)5-13-9(7-17)2-11(19)4-15(13)21/h1-4,18-21H,5-7H2. The van der Waals surface area contributed by atoms with Crippen LogP contribution >= 0.6 is 31.9 Å². The SMILES string of the molecule is Oc1cc(O)c(Cc2c(O)cc(O)cc2CBr)c(CBr)c1. The zero-order valence-corrected chi connectivity index (χ0v) is 14.1. The predicted octanol–water partition coefficient (Wildman–Crippen LogP) is 3.89. The number of phenols is 4. The van der Waals surface area contributed by atoms with Gasteiger partial charge < -0.3 is 20.4 Å². The van der Waals surface area contributed by atoms with Crippen LogP contribution in [0.5, 0.6) is 23.0 Å². The first-order valence-corrected chi connectivity index (χ1v) is 8.40. The van der Waals surface area contributed by atoms with E-state index in [9.17, 15) is 20.4 Å². The smallest absolute Gasteiger partial charge is 0.123 e. The van der Waals surface area contributed by atoms with Crippen molar-refractivity contribution in [3.05, 3.63) is 46.5 Å². The summed E-state index contributed by atoms with van der Waals surface area (Å²) in [6.45, 7) is 0. The highest BCUT2D eigenvalue weighted by molar-refractivity contribution is 9.08. The van der Waals surface area contributed by atoms with Crippen molar-refractivity contribution in [2.45, 2.75) is 17.1 Å². The molecular weight excluding hydrogens is 404 g/mol. The normalized spacial score (nSPS) is 10.8. The van der Waals surface area contributed by atoms with Gasteiger partial charge in [-0.2, -0.15) is 0 Å². The van der Waals surface area contributed by atoms with Gasteiger partial charge in [-0.05, 0) is 23.3 Å². The lowest BCUT2D eigenvalue weighted by molar-refractivity contribution is 0.441. The van der Waals surface area contributed by atoms with E-state index >= 15 is 0 Å². The highest BCUT2D eigenvalue weighted by Crippen LogP contribution is 2.36. The number of alkyl halides is 2. The molecule has 0 unspecified atom stereocenters. The van der Waals surface area contributed by atoms with Crippen LogP contribution in [-0.4, -0.2) is 20.4 Å². The molecule has 0 saturated carbocycles. The van der Waals surface area contributed by atoms with Crippen molar-refractivity contribution < 1.29 is 20.4 Å². The maximum Gasteiger partial charge on any atom is 0.123 e. The van der Waals surface area contributed by atoms with E-state index in [1.54, 1.807) is 12.1 Å². The first-order valence-electron chi connectivity index (χ1n) is 6.15. The fraction of sp³-hybridized carbons (Fsp3) is 0.200. The molecule has 0 saturated heterocycles. The largest absolute Gasteiger partial charge is 0.508 e. The molecule has 0 aliphatic carbocycles. The van der Waals surface area contributed by atoms with Gasteiger partial charge >= 0.3 is 0 Å². The molecule has 0 aromatic heterocycles. The van der Waals surface area contributed by atoms with Gasteiger partial charge in [-0.25, -0.2) is 0 Å². The van der Waals surface area contributed by atoms with Gasteiger partial charge in [0.25, 0.3) is 0 Å². The monoisotopic (exact) mass is 416 g/mol. The minimum absolute atomic E-state index is 0.0126. The lowest BCUT2D eigenvalue weighted by Gasteiger charge is -2.14. The maximum atomic E-state index is 10.1. The number of hydrogen-bond donors (Lipinski definition) is 4. The summed E-state index contributed by atoms with van der Waals surface area (Å²) < 4.78 is 0. The molecule has 0 fully saturated rings. The number of halogens is 2. The van der Waals surface area contributed by atoms with Crippen LogP contribution in [0.4, 0.5) is 0 Å². The molecule has 0 amide bonds. The van der Waals surface area contributed by atoms with Gasteiger partial charge in [0.15, 0.2) is 0 Å². The van der Waals surface area contributed by atoms with Gasteiger partial charge in [0, 0.05) is 40.3 Å². The molecule has 2 rings (SSSR count). The summed E-state index contributed by atoms with van der Waals surface area (Å²) in [6.07, 6.45) is 0.292. The van der Waals surface area contributed by atoms with Gasteiger partial charge in [0.05, 0.1) is 0 Å². The van der Waals surface area contributed by atoms with Crippen LogP contribution in [0.25, 0.3) is 0 Å². The third kappa shape index (κ3) is 3.44. The van der Waals surface area contributed by atoms with Crippen molar-refractivity contribution in [1.29, 1.82) is 0 Å². The third-order valence-electron chi connectivity index (χ3n) is 3.25. The predicted molar refractivity (Wildman–Crippen MR) is 87.6 cm³/mol. The van der Waals surface area contributed by atoms with E-state index in [-0.39, 0.29) is 23.0 Å². The summed E-state index contributed by atoms with van der Waals surface area (Å²) in [5.74, 6) is -0.0856. The average Bonchev–Trinajstić information content (AvgIpc) is 2.42. The van der Waals surface area contributed by atoms with E-state index in [2.05, 4.69) is 31.9 Å². The Balaban J connectivity index is 2.53. The van der Waals surface area contributed by atoms with E-state index in [0.717, 1.165) is 11.1 Å². The Morgan fingerprint density at radius 3 is 1.38 bits per heavy atom. The molecule has 0 atom stereocenters. The van der Waals surface area contributed by atoms with Gasteiger partial charge in [0.2, 0.25) is 0 Å². The molecule has 0 aliphatic rings. The van der Waals surface area contributed by atoms with Crippen LogP contribution in [-0.2, 0) is 17.1 Å². The Labute approximate surface area is 138 Å². The van der Waals surface area contributed by atoms with Crippen molar-refractivity contribution in [2.24, 2.45) is 0 Å². The molecule has 4 N–H and O–H groups in total. The molecule has 2 aromatic rings. The van der Waals surface area contributed by atoms with Crippen molar-refractivity contribution >= 4 is 31.9 Å². The topological polar surface area (TPSA) is 80.9 Å². The summed E-state index contributed by atoms with van der Waals surface area (Å²) in [6, 6.07) is 5.67. The maximum absolute atomic E-state index is 10.1. The third-order valence-corrected chi connectivity index (χ3v) is 4.46. The summed E-state index contributed by atoms with van der Waals surface area (Å²) >= 11 is 6.64. The van der Waals surface area contributed by atoms with Gasteiger partial charge in [-0.1, -0.05) is 31.9 Å². The Morgan fingerprint density at radius 2 is 1.05 bits per heavy atom. The fourth-order valence-electron chi connectivity index (χ4n) is 2.22. The summed E-state index contributed by atoms with van der Waals surface area (Å²) in [5.41, 5.74) is 2.71. The number of aromatic hydroxyl groups is 4. The first kappa shape index (κ1) is 16.0. The summed E-state index contributed by atoms with van der Waals surface area (Å²) in [4.78, 5) is 0. The molecule has 4 nitrogen and oxygen atoms in total. The van der Waals surface area contributed by atoms with Crippen molar-refractivity contribution in [2.75, 3.05) is 0 Å². The van der Waals surface area contributed by atoms with Crippen molar-refractivity contribution in [1.82, 2.24) is 0 Å². The quantitative estimate of drug-likeness (QED) is 0.569. The first-order chi connectivity index (χ1) is 9.96. The zero-order chi connectivity index (χ0) is 15.6. The van der Waals surface area contributed by atoms with E-state index in [0.29, 0.717) is 28.2 Å². The Kier molecular flexibility index (Phi) is 5.00. The van der Waals surface area contributed by atoms with Crippen molar-refractivity contribution in [3.8, 4) is 23.0 Å². The molecule has 21 heavy (non-hydrogen) atoms. The molecule has 6 heteroatoms. The summed E-state index contributed by atoms with van der Waals surface area (Å²) in [7, 11) is 0. The van der Waals surface area contributed by atoms with Crippen LogP contribution in [0.2, 0.25) is 0 Å². The minimum atomic E-state index is -0.0301. The second-order valence-corrected chi connectivity index (χ2v) is 5.77. The molecule has 2 aromatic carbocycles. The van der Waals surface area contributed by atoms with E-state index in [1.807, 2.05) is 0 Å². The van der Waals surface area contributed by atoms with Crippen LogP contribution in [0.3, 0.4) is 0 Å². The number of hydrogen-bond acceptors (Lipinski definition) is 4. The molecule has 112 valence electrons. The second kappa shape index (κ2) is 6.58. The number of rotatable bonds is 4. The van der Waals surface area contributed by atoms with Gasteiger partial charge in [-0.15, -0.1) is 0 Å². The lowest BCUT2D eigenvalue weighted by atomic mass is 9.95. The van der Waals surface area contributed by atoms with E-state index in [4.69, 9.17) is 0 Å². The molecule has 0 radical (unpaired) electrons. The van der Waals surface area contributed by atoms with E-state index < -0.39 is 0 Å². The van der Waals surface area contributed by atoms with Crippen LogP contribution < -0.4 is 0 Å². The highest BCUT2D eigenvalue weighted by atomic mass is 79.9. The number of phenolic OH excluding ortho intramolecular Hbond substituents is 4. The molecule has 0 spiro atoms. The second-order valence-electron chi connectivity index (χ2n) is 4.65.